The van der Waals surface area contributed by atoms with Gasteiger partial charge in [-0.25, -0.2) is 4.68 Å². The van der Waals surface area contributed by atoms with Crippen molar-refractivity contribution in [2.24, 2.45) is 11.8 Å². The number of nitrogens with zero attached hydrogens (tertiary/aromatic N) is 4. The summed E-state index contributed by atoms with van der Waals surface area (Å²) >= 11 is 6.17. The average Bonchev–Trinajstić information content (AvgIpc) is 3.11. The van der Waals surface area contributed by atoms with E-state index in [2.05, 4.69) is 10.3 Å². The number of likely N-dealkylation sites (tertiary alicyclic amines) is 1. The number of aromatic nitrogens is 3. The van der Waals surface area contributed by atoms with Gasteiger partial charge >= 0.3 is 0 Å². The highest BCUT2D eigenvalue weighted by Crippen LogP contribution is 2.25. The Balaban J connectivity index is 1.60. The minimum absolute atomic E-state index is 0.104. The lowest BCUT2D eigenvalue weighted by molar-refractivity contribution is 0.0260. The molecule has 1 atom stereocenters. The molecule has 1 aliphatic heterocycles. The van der Waals surface area contributed by atoms with Gasteiger partial charge < -0.3 is 10.0 Å². The second-order valence-corrected chi connectivity index (χ2v) is 7.66. The van der Waals surface area contributed by atoms with Gasteiger partial charge in [-0.15, -0.1) is 5.10 Å². The van der Waals surface area contributed by atoms with Crippen molar-refractivity contribution in [3.8, 4) is 0 Å². The molecule has 0 aliphatic carbocycles. The van der Waals surface area contributed by atoms with Crippen LogP contribution < -0.4 is 0 Å². The molecule has 6 nitrogen and oxygen atoms in total. The van der Waals surface area contributed by atoms with Crippen molar-refractivity contribution in [1.29, 1.82) is 0 Å². The Hall–Kier alpha value is -1.92. The van der Waals surface area contributed by atoms with Crippen molar-refractivity contribution in [1.82, 2.24) is 19.9 Å². The molecule has 1 saturated heterocycles. The van der Waals surface area contributed by atoms with Gasteiger partial charge in [-0.2, -0.15) is 0 Å². The van der Waals surface area contributed by atoms with E-state index in [0.29, 0.717) is 30.4 Å². The minimum atomic E-state index is -0.302. The molecule has 2 heterocycles. The van der Waals surface area contributed by atoms with Crippen molar-refractivity contribution in [2.75, 3.05) is 13.1 Å². The zero-order valence-corrected chi connectivity index (χ0v) is 15.9. The lowest BCUT2D eigenvalue weighted by Gasteiger charge is -2.35. The van der Waals surface area contributed by atoms with Gasteiger partial charge in [0, 0.05) is 18.1 Å². The molecule has 1 aromatic carbocycles. The van der Waals surface area contributed by atoms with Crippen LogP contribution in [-0.2, 0) is 6.54 Å². The van der Waals surface area contributed by atoms with E-state index in [9.17, 15) is 9.90 Å². The molecule has 1 aromatic heterocycles. The summed E-state index contributed by atoms with van der Waals surface area (Å²) in [5, 5.41) is 19.0. The van der Waals surface area contributed by atoms with Crippen molar-refractivity contribution in [3.63, 3.8) is 0 Å². The molecule has 1 aliphatic rings. The SMILES string of the molecule is CC(C)[C@@H](O)C1CCN(C(=O)c2cn(Cc3ccccc3Cl)nn2)CC1. The van der Waals surface area contributed by atoms with Crippen LogP contribution in [0.4, 0.5) is 0 Å². The first-order chi connectivity index (χ1) is 12.5. The van der Waals surface area contributed by atoms with E-state index in [1.54, 1.807) is 15.8 Å². The number of amides is 1. The van der Waals surface area contributed by atoms with E-state index in [0.717, 1.165) is 18.4 Å². The summed E-state index contributed by atoms with van der Waals surface area (Å²) < 4.78 is 1.63. The summed E-state index contributed by atoms with van der Waals surface area (Å²) in [5.41, 5.74) is 1.28. The molecule has 0 radical (unpaired) electrons. The average molecular weight is 377 g/mol. The predicted octanol–water partition coefficient (Wildman–Crippen LogP) is 2.85. The molecule has 0 unspecified atom stereocenters. The standard InChI is InChI=1S/C19H25ClN4O2/c1-13(2)18(25)14-7-9-23(10-8-14)19(26)17-12-24(22-21-17)11-15-5-3-4-6-16(15)20/h3-6,12-14,18,25H,7-11H2,1-2H3/t18-/m1/s1. The predicted molar refractivity (Wildman–Crippen MR) is 100 cm³/mol. The molecule has 1 fully saturated rings. The fourth-order valence-corrected chi connectivity index (χ4v) is 3.62. The maximum absolute atomic E-state index is 12.7. The van der Waals surface area contributed by atoms with Gasteiger partial charge in [-0.3, -0.25) is 4.79 Å². The van der Waals surface area contributed by atoms with Crippen LogP contribution in [0.3, 0.4) is 0 Å². The molecule has 1 amide bonds. The Labute approximate surface area is 158 Å². The number of aliphatic hydroxyl groups excluding tert-OH is 1. The number of benzene rings is 1. The number of rotatable bonds is 5. The number of hydrogen-bond donors (Lipinski definition) is 1. The van der Waals surface area contributed by atoms with Crippen LogP contribution in [0.15, 0.2) is 30.5 Å². The summed E-state index contributed by atoms with van der Waals surface area (Å²) in [6, 6.07) is 7.55. The Morgan fingerprint density at radius 1 is 1.31 bits per heavy atom. The van der Waals surface area contributed by atoms with Gasteiger partial charge in [0.1, 0.15) is 0 Å². The van der Waals surface area contributed by atoms with Gasteiger partial charge in [0.05, 0.1) is 18.8 Å². The maximum atomic E-state index is 12.7. The molecule has 2 aromatic rings. The number of piperidine rings is 1. The Morgan fingerprint density at radius 3 is 2.65 bits per heavy atom. The second kappa shape index (κ2) is 8.18. The summed E-state index contributed by atoms with van der Waals surface area (Å²) in [5.74, 6) is 0.398. The first kappa shape index (κ1) is 18.9. The maximum Gasteiger partial charge on any atom is 0.276 e. The van der Waals surface area contributed by atoms with Gasteiger partial charge in [0.15, 0.2) is 5.69 Å². The highest BCUT2D eigenvalue weighted by molar-refractivity contribution is 6.31. The normalized spacial score (nSPS) is 16.9. The van der Waals surface area contributed by atoms with Crippen molar-refractivity contribution in [2.45, 2.75) is 39.3 Å². The van der Waals surface area contributed by atoms with Gasteiger partial charge in [0.25, 0.3) is 5.91 Å². The van der Waals surface area contributed by atoms with Crippen molar-refractivity contribution in [3.05, 3.63) is 46.7 Å². The van der Waals surface area contributed by atoms with Crippen LogP contribution >= 0.6 is 11.6 Å². The largest absolute Gasteiger partial charge is 0.393 e. The fourth-order valence-electron chi connectivity index (χ4n) is 3.43. The third-order valence-electron chi connectivity index (χ3n) is 5.04. The second-order valence-electron chi connectivity index (χ2n) is 7.26. The topological polar surface area (TPSA) is 71.2 Å². The zero-order chi connectivity index (χ0) is 18.7. The molecule has 0 bridgehead atoms. The molecule has 26 heavy (non-hydrogen) atoms. The highest BCUT2D eigenvalue weighted by atomic mass is 35.5. The smallest absolute Gasteiger partial charge is 0.276 e. The first-order valence-corrected chi connectivity index (χ1v) is 9.44. The van der Waals surface area contributed by atoms with E-state index in [1.165, 1.54) is 0 Å². The van der Waals surface area contributed by atoms with Gasteiger partial charge in [-0.05, 0) is 36.3 Å². The molecular formula is C19H25ClN4O2. The van der Waals surface area contributed by atoms with Crippen LogP contribution in [-0.4, -0.2) is 50.1 Å². The summed E-state index contributed by atoms with van der Waals surface area (Å²) in [7, 11) is 0. The van der Waals surface area contributed by atoms with E-state index in [-0.39, 0.29) is 23.8 Å². The Bertz CT molecular complexity index is 754. The van der Waals surface area contributed by atoms with Crippen LogP contribution in [0.2, 0.25) is 5.02 Å². The number of carbonyl (C=O) groups is 1. The third-order valence-corrected chi connectivity index (χ3v) is 5.41. The molecular weight excluding hydrogens is 352 g/mol. The van der Waals surface area contributed by atoms with Gasteiger partial charge in [-0.1, -0.05) is 48.9 Å². The van der Waals surface area contributed by atoms with E-state index in [1.807, 2.05) is 38.1 Å². The van der Waals surface area contributed by atoms with Crippen molar-refractivity contribution < 1.29 is 9.90 Å². The summed E-state index contributed by atoms with van der Waals surface area (Å²) in [6.45, 7) is 5.82. The third kappa shape index (κ3) is 4.24. The molecule has 7 heteroatoms. The number of halogens is 1. The Kier molecular flexibility index (Phi) is 5.94. The number of aliphatic hydroxyl groups is 1. The molecule has 0 saturated carbocycles. The monoisotopic (exact) mass is 376 g/mol. The quantitative estimate of drug-likeness (QED) is 0.871. The van der Waals surface area contributed by atoms with E-state index in [4.69, 9.17) is 11.6 Å². The van der Waals surface area contributed by atoms with Crippen LogP contribution in [0.5, 0.6) is 0 Å². The zero-order valence-electron chi connectivity index (χ0n) is 15.2. The fraction of sp³-hybridized carbons (Fsp3) is 0.526. The highest BCUT2D eigenvalue weighted by Gasteiger charge is 2.30. The van der Waals surface area contributed by atoms with Crippen molar-refractivity contribution >= 4 is 17.5 Å². The van der Waals surface area contributed by atoms with Crippen LogP contribution in [0.1, 0.15) is 42.7 Å². The molecule has 1 N–H and O–H groups in total. The lowest BCUT2D eigenvalue weighted by atomic mass is 9.85. The lowest BCUT2D eigenvalue weighted by Crippen LogP contribution is -2.42. The Morgan fingerprint density at radius 2 is 2.00 bits per heavy atom. The summed E-state index contributed by atoms with van der Waals surface area (Å²) in [6.07, 6.45) is 3.00. The first-order valence-electron chi connectivity index (χ1n) is 9.06. The molecule has 3 rings (SSSR count). The van der Waals surface area contributed by atoms with E-state index < -0.39 is 0 Å². The number of carbonyl (C=O) groups excluding carboxylic acids is 1. The summed E-state index contributed by atoms with van der Waals surface area (Å²) in [4.78, 5) is 14.5. The van der Waals surface area contributed by atoms with Crippen LogP contribution in [0.25, 0.3) is 0 Å². The molecule has 0 spiro atoms. The minimum Gasteiger partial charge on any atom is -0.393 e. The number of hydrogen-bond acceptors (Lipinski definition) is 4. The van der Waals surface area contributed by atoms with Gasteiger partial charge in [0.2, 0.25) is 0 Å². The van der Waals surface area contributed by atoms with E-state index >= 15 is 0 Å². The molecule has 140 valence electrons. The van der Waals surface area contributed by atoms with Crippen LogP contribution in [0, 0.1) is 11.8 Å².